The molecule has 1 aromatic heterocycles. The maximum absolute atomic E-state index is 12.5. The number of hydrogen-bond acceptors (Lipinski definition) is 6. The van der Waals surface area contributed by atoms with Crippen LogP contribution < -0.4 is 10.6 Å². The maximum Gasteiger partial charge on any atom is 0.271 e. The van der Waals surface area contributed by atoms with Gasteiger partial charge in [0.1, 0.15) is 0 Å². The fraction of sp³-hybridized carbons (Fsp3) is 0.214. The highest BCUT2D eigenvalue weighted by Crippen LogP contribution is 2.28. The first kappa shape index (κ1) is 17.9. The van der Waals surface area contributed by atoms with Gasteiger partial charge in [-0.3, -0.25) is 14.9 Å². The molecule has 0 atom stereocenters. The maximum atomic E-state index is 12.5. The van der Waals surface area contributed by atoms with E-state index in [1.807, 2.05) is 6.92 Å². The molecule has 2 N–H and O–H groups in total. The molecule has 0 aliphatic rings. The summed E-state index contributed by atoms with van der Waals surface area (Å²) in [5.74, 6) is -0.298. The Morgan fingerprint density at radius 2 is 2.04 bits per heavy atom. The fourth-order valence-corrected chi connectivity index (χ4v) is 2.14. The van der Waals surface area contributed by atoms with Gasteiger partial charge in [0.05, 0.1) is 21.2 Å². The highest BCUT2D eigenvalue weighted by molar-refractivity contribution is 6.34. The van der Waals surface area contributed by atoms with E-state index >= 15 is 0 Å². The second-order valence-corrected chi connectivity index (χ2v) is 5.53. The number of nitro groups is 1. The van der Waals surface area contributed by atoms with Crippen molar-refractivity contribution in [1.29, 1.82) is 0 Å². The quantitative estimate of drug-likeness (QED) is 0.592. The summed E-state index contributed by atoms with van der Waals surface area (Å²) in [5.41, 5.74) is 0.0844. The Labute approximate surface area is 147 Å². The lowest BCUT2D eigenvalue weighted by atomic mass is 10.2. The van der Waals surface area contributed by atoms with Gasteiger partial charge in [-0.1, -0.05) is 30.1 Å². The van der Waals surface area contributed by atoms with E-state index in [1.54, 1.807) is 0 Å². The zero-order valence-electron chi connectivity index (χ0n) is 12.5. The molecule has 126 valence electrons. The number of rotatable bonds is 6. The molecule has 10 heteroatoms. The molecule has 8 nitrogen and oxygen atoms in total. The molecule has 2 aromatic rings. The number of carbonyl (C=O) groups is 1. The summed E-state index contributed by atoms with van der Waals surface area (Å²) in [6, 6.07) is 5.11. The lowest BCUT2D eigenvalue weighted by Gasteiger charge is -2.11. The van der Waals surface area contributed by atoms with Gasteiger partial charge in [0.15, 0.2) is 11.0 Å². The molecule has 24 heavy (non-hydrogen) atoms. The highest BCUT2D eigenvalue weighted by atomic mass is 35.5. The molecule has 1 heterocycles. The van der Waals surface area contributed by atoms with Gasteiger partial charge in [-0.05, 0) is 18.6 Å². The number of nitrogens with zero attached hydrogens (tertiary/aromatic N) is 3. The van der Waals surface area contributed by atoms with Crippen LogP contribution in [0.3, 0.4) is 0 Å². The van der Waals surface area contributed by atoms with E-state index in [-0.39, 0.29) is 32.9 Å². The van der Waals surface area contributed by atoms with Crippen LogP contribution >= 0.6 is 23.2 Å². The lowest BCUT2D eigenvalue weighted by molar-refractivity contribution is -0.384. The van der Waals surface area contributed by atoms with Gasteiger partial charge in [0, 0.05) is 18.7 Å². The molecule has 0 fully saturated rings. The van der Waals surface area contributed by atoms with Gasteiger partial charge in [0.2, 0.25) is 0 Å². The van der Waals surface area contributed by atoms with Crippen LogP contribution in [0.5, 0.6) is 0 Å². The van der Waals surface area contributed by atoms with E-state index in [9.17, 15) is 14.9 Å². The predicted octanol–water partition coefficient (Wildman–Crippen LogP) is 3.77. The molecule has 1 amide bonds. The third-order valence-corrected chi connectivity index (χ3v) is 3.47. The van der Waals surface area contributed by atoms with Crippen molar-refractivity contribution in [1.82, 2.24) is 10.2 Å². The first-order chi connectivity index (χ1) is 11.4. The van der Waals surface area contributed by atoms with Gasteiger partial charge >= 0.3 is 0 Å². The zero-order valence-corrected chi connectivity index (χ0v) is 14.1. The molecule has 0 spiro atoms. The largest absolute Gasteiger partial charge is 0.368 e. The van der Waals surface area contributed by atoms with Crippen molar-refractivity contribution in [2.45, 2.75) is 13.3 Å². The standard InChI is InChI=1S/C14H13Cl2N5O3/c1-2-5-17-13-9(7-12(16)19-20-13)14(22)18-11-6-8(21(23)24)3-4-10(11)15/h3-4,6-7H,2,5H2,1H3,(H,17,20)(H,18,22). The summed E-state index contributed by atoms with van der Waals surface area (Å²) >= 11 is 11.8. The first-order valence-corrected chi connectivity index (χ1v) is 7.70. The van der Waals surface area contributed by atoms with Crippen LogP contribution in [0, 0.1) is 10.1 Å². The topological polar surface area (TPSA) is 110 Å². The summed E-state index contributed by atoms with van der Waals surface area (Å²) in [6.07, 6.45) is 0.822. The fourth-order valence-electron chi connectivity index (χ4n) is 1.83. The van der Waals surface area contributed by atoms with Gasteiger partial charge in [0.25, 0.3) is 11.6 Å². The number of benzene rings is 1. The highest BCUT2D eigenvalue weighted by Gasteiger charge is 2.17. The molecule has 0 saturated heterocycles. The van der Waals surface area contributed by atoms with Crippen molar-refractivity contribution in [3.63, 3.8) is 0 Å². The molecule has 0 aliphatic heterocycles. The Bertz CT molecular complexity index is 785. The SMILES string of the molecule is CCCNc1nnc(Cl)cc1C(=O)Nc1cc([N+](=O)[O-])ccc1Cl. The molecular weight excluding hydrogens is 357 g/mol. The number of halogens is 2. The van der Waals surface area contributed by atoms with Crippen LogP contribution in [-0.4, -0.2) is 27.6 Å². The van der Waals surface area contributed by atoms with E-state index < -0.39 is 10.8 Å². The molecule has 0 saturated carbocycles. The zero-order chi connectivity index (χ0) is 17.7. The Morgan fingerprint density at radius 3 is 2.71 bits per heavy atom. The van der Waals surface area contributed by atoms with Crippen molar-refractivity contribution in [3.05, 3.63) is 50.1 Å². The number of hydrogen-bond donors (Lipinski definition) is 2. The molecule has 1 aromatic carbocycles. The average molecular weight is 370 g/mol. The predicted molar refractivity (Wildman–Crippen MR) is 91.9 cm³/mol. The lowest BCUT2D eigenvalue weighted by Crippen LogP contribution is -2.17. The van der Waals surface area contributed by atoms with Gasteiger partial charge < -0.3 is 10.6 Å². The number of non-ortho nitro benzene ring substituents is 1. The Kier molecular flexibility index (Phi) is 5.88. The number of nitrogens with one attached hydrogen (secondary N) is 2. The van der Waals surface area contributed by atoms with Gasteiger partial charge in [-0.15, -0.1) is 10.2 Å². The second kappa shape index (κ2) is 7.89. The number of nitro benzene ring substituents is 1. The third-order valence-electron chi connectivity index (χ3n) is 2.96. The summed E-state index contributed by atoms with van der Waals surface area (Å²) in [7, 11) is 0. The molecule has 0 unspecified atom stereocenters. The smallest absolute Gasteiger partial charge is 0.271 e. The van der Waals surface area contributed by atoms with Crippen molar-refractivity contribution in [2.75, 3.05) is 17.2 Å². The molecule has 0 radical (unpaired) electrons. The Hall–Kier alpha value is -2.45. The minimum absolute atomic E-state index is 0.0485. The van der Waals surface area contributed by atoms with Crippen molar-refractivity contribution in [2.24, 2.45) is 0 Å². The number of aromatic nitrogens is 2. The summed E-state index contributed by atoms with van der Waals surface area (Å²) in [4.78, 5) is 22.7. The summed E-state index contributed by atoms with van der Waals surface area (Å²) < 4.78 is 0. The number of amides is 1. The van der Waals surface area contributed by atoms with Crippen LogP contribution in [-0.2, 0) is 0 Å². The number of carbonyl (C=O) groups excluding carboxylic acids is 1. The van der Waals surface area contributed by atoms with Crippen LogP contribution in [0.4, 0.5) is 17.2 Å². The molecule has 0 bridgehead atoms. The van der Waals surface area contributed by atoms with E-state index in [0.29, 0.717) is 6.54 Å². The minimum Gasteiger partial charge on any atom is -0.368 e. The third kappa shape index (κ3) is 4.30. The van der Waals surface area contributed by atoms with E-state index in [2.05, 4.69) is 20.8 Å². The molecular formula is C14H13Cl2N5O3. The first-order valence-electron chi connectivity index (χ1n) is 6.94. The van der Waals surface area contributed by atoms with E-state index in [0.717, 1.165) is 6.42 Å². The van der Waals surface area contributed by atoms with Gasteiger partial charge in [-0.25, -0.2) is 0 Å². The summed E-state index contributed by atoms with van der Waals surface area (Å²) in [5, 5.41) is 24.1. The minimum atomic E-state index is -0.578. The van der Waals surface area contributed by atoms with Crippen LogP contribution in [0.2, 0.25) is 10.2 Å². The average Bonchev–Trinajstić information content (AvgIpc) is 2.55. The van der Waals surface area contributed by atoms with Crippen molar-refractivity contribution >= 4 is 46.3 Å². The van der Waals surface area contributed by atoms with E-state index in [4.69, 9.17) is 23.2 Å². The summed E-state index contributed by atoms with van der Waals surface area (Å²) in [6.45, 7) is 2.55. The van der Waals surface area contributed by atoms with Crippen LogP contribution in [0.15, 0.2) is 24.3 Å². The Morgan fingerprint density at radius 1 is 1.29 bits per heavy atom. The van der Waals surface area contributed by atoms with Crippen molar-refractivity contribution in [3.8, 4) is 0 Å². The van der Waals surface area contributed by atoms with Gasteiger partial charge in [-0.2, -0.15) is 0 Å². The Balaban J connectivity index is 2.31. The van der Waals surface area contributed by atoms with E-state index in [1.165, 1.54) is 24.3 Å². The monoisotopic (exact) mass is 369 g/mol. The van der Waals surface area contributed by atoms with Crippen LogP contribution in [0.25, 0.3) is 0 Å². The second-order valence-electron chi connectivity index (χ2n) is 4.73. The van der Waals surface area contributed by atoms with Crippen LogP contribution in [0.1, 0.15) is 23.7 Å². The molecule has 0 aliphatic carbocycles. The number of anilines is 2. The van der Waals surface area contributed by atoms with Crippen molar-refractivity contribution < 1.29 is 9.72 Å². The normalized spacial score (nSPS) is 10.3. The molecule has 2 rings (SSSR count).